The Labute approximate surface area is 61.4 Å². The van der Waals surface area contributed by atoms with Gasteiger partial charge in [0.05, 0.1) is 6.20 Å². The van der Waals surface area contributed by atoms with E-state index in [2.05, 4.69) is 22.1 Å². The third kappa shape index (κ3) is 2.17. The first kappa shape index (κ1) is 7.25. The molecule has 1 aliphatic heterocycles. The van der Waals surface area contributed by atoms with Gasteiger partial charge in [-0.15, -0.1) is 0 Å². The Morgan fingerprint density at radius 3 is 3.10 bits per heavy atom. The molecule has 3 nitrogen and oxygen atoms in total. The minimum atomic E-state index is 0.733. The van der Waals surface area contributed by atoms with Crippen molar-refractivity contribution in [3.05, 3.63) is 12.4 Å². The quantitative estimate of drug-likeness (QED) is 0.587. The number of hydrogen-bond acceptors (Lipinski definition) is 3. The fourth-order valence-electron chi connectivity index (χ4n) is 0.843. The van der Waals surface area contributed by atoms with Crippen molar-refractivity contribution >= 4 is 0 Å². The highest BCUT2D eigenvalue weighted by Gasteiger charge is 1.97. The molecular formula is C7H13N3. The third-order valence-corrected chi connectivity index (χ3v) is 1.47. The molecule has 1 heterocycles. The maximum absolute atomic E-state index is 3.88. The fraction of sp³-hybridized carbons (Fsp3) is 0.714. The molecule has 0 aromatic rings. The molecule has 3 heteroatoms. The lowest BCUT2D eigenvalue weighted by molar-refractivity contribution is 0.363. The van der Waals surface area contributed by atoms with E-state index in [1.54, 1.807) is 6.20 Å². The standard InChI is InChI=1S/C7H13N3/c1-2-3-5-10-6-4-8-9-7-10/h4,6H,2-3,5,7H2,1H3. The van der Waals surface area contributed by atoms with E-state index >= 15 is 0 Å². The molecule has 0 saturated carbocycles. The summed E-state index contributed by atoms with van der Waals surface area (Å²) >= 11 is 0. The summed E-state index contributed by atoms with van der Waals surface area (Å²) in [6, 6.07) is 0. The molecule has 0 bridgehead atoms. The summed E-state index contributed by atoms with van der Waals surface area (Å²) in [6.07, 6.45) is 6.20. The number of unbranched alkanes of at least 4 members (excludes halogenated alkanes) is 1. The van der Waals surface area contributed by atoms with Gasteiger partial charge in [0.2, 0.25) is 0 Å². The van der Waals surface area contributed by atoms with Crippen molar-refractivity contribution in [3.63, 3.8) is 0 Å². The van der Waals surface area contributed by atoms with Crippen molar-refractivity contribution in [2.75, 3.05) is 13.2 Å². The van der Waals surface area contributed by atoms with Crippen LogP contribution in [0, 0.1) is 0 Å². The molecule has 0 radical (unpaired) electrons. The summed E-state index contributed by atoms with van der Waals surface area (Å²) in [7, 11) is 0. The van der Waals surface area contributed by atoms with Crippen LogP contribution in [0.25, 0.3) is 0 Å². The second kappa shape index (κ2) is 4.04. The first-order valence-electron chi connectivity index (χ1n) is 3.71. The van der Waals surface area contributed by atoms with Crippen molar-refractivity contribution < 1.29 is 0 Å². The van der Waals surface area contributed by atoms with Gasteiger partial charge in [0.1, 0.15) is 6.67 Å². The van der Waals surface area contributed by atoms with Crippen molar-refractivity contribution in [2.24, 2.45) is 10.2 Å². The highest BCUT2D eigenvalue weighted by atomic mass is 15.3. The van der Waals surface area contributed by atoms with Crippen molar-refractivity contribution in [2.45, 2.75) is 19.8 Å². The van der Waals surface area contributed by atoms with Crippen LogP contribution in [0.1, 0.15) is 19.8 Å². The molecule has 0 fully saturated rings. The predicted molar refractivity (Wildman–Crippen MR) is 40.5 cm³/mol. The zero-order valence-electron chi connectivity index (χ0n) is 6.32. The van der Waals surface area contributed by atoms with Crippen LogP contribution in [0.15, 0.2) is 22.6 Å². The molecule has 0 amide bonds. The Hall–Kier alpha value is -0.860. The molecule has 0 spiro atoms. The summed E-state index contributed by atoms with van der Waals surface area (Å²) in [5, 5.41) is 7.61. The Morgan fingerprint density at radius 1 is 1.60 bits per heavy atom. The molecule has 0 aromatic carbocycles. The van der Waals surface area contributed by atoms with Crippen LogP contribution >= 0.6 is 0 Å². The average molecular weight is 139 g/mol. The maximum Gasteiger partial charge on any atom is 0.131 e. The summed E-state index contributed by atoms with van der Waals surface area (Å²) in [5.74, 6) is 0. The van der Waals surface area contributed by atoms with Gasteiger partial charge >= 0.3 is 0 Å². The van der Waals surface area contributed by atoms with Gasteiger partial charge in [-0.1, -0.05) is 13.3 Å². The third-order valence-electron chi connectivity index (χ3n) is 1.47. The van der Waals surface area contributed by atoms with Gasteiger partial charge in [0.25, 0.3) is 0 Å². The van der Waals surface area contributed by atoms with Gasteiger partial charge in [-0.3, -0.25) is 0 Å². The number of nitrogens with zero attached hydrogens (tertiary/aromatic N) is 3. The smallest absolute Gasteiger partial charge is 0.131 e. The summed E-state index contributed by atoms with van der Waals surface area (Å²) in [6.45, 7) is 4.03. The first-order chi connectivity index (χ1) is 4.93. The molecule has 0 N–H and O–H groups in total. The lowest BCUT2D eigenvalue weighted by Gasteiger charge is -2.17. The SMILES string of the molecule is CCCCN1C=CN=NC1. The topological polar surface area (TPSA) is 28.0 Å². The van der Waals surface area contributed by atoms with E-state index in [1.807, 2.05) is 6.20 Å². The van der Waals surface area contributed by atoms with E-state index in [-0.39, 0.29) is 0 Å². The van der Waals surface area contributed by atoms with Gasteiger partial charge < -0.3 is 4.90 Å². The van der Waals surface area contributed by atoms with Crippen LogP contribution in [-0.2, 0) is 0 Å². The van der Waals surface area contributed by atoms with Crippen molar-refractivity contribution in [1.82, 2.24) is 4.90 Å². The molecule has 0 saturated heterocycles. The molecule has 56 valence electrons. The van der Waals surface area contributed by atoms with E-state index in [4.69, 9.17) is 0 Å². The second-order valence-electron chi connectivity index (χ2n) is 2.36. The average Bonchev–Trinajstić information content (AvgIpc) is 2.03. The highest BCUT2D eigenvalue weighted by Crippen LogP contribution is 2.00. The summed E-state index contributed by atoms with van der Waals surface area (Å²) < 4.78 is 0. The molecule has 0 aliphatic carbocycles. The zero-order chi connectivity index (χ0) is 7.23. The maximum atomic E-state index is 3.88. The summed E-state index contributed by atoms with van der Waals surface area (Å²) in [5.41, 5.74) is 0. The van der Waals surface area contributed by atoms with E-state index < -0.39 is 0 Å². The van der Waals surface area contributed by atoms with Crippen molar-refractivity contribution in [3.8, 4) is 0 Å². The van der Waals surface area contributed by atoms with Gasteiger partial charge in [-0.2, -0.15) is 10.2 Å². The molecule has 0 aromatic heterocycles. The molecule has 1 aliphatic rings. The molecule has 0 unspecified atom stereocenters. The van der Waals surface area contributed by atoms with E-state index in [0.717, 1.165) is 13.2 Å². The molecule has 10 heavy (non-hydrogen) atoms. The highest BCUT2D eigenvalue weighted by molar-refractivity contribution is 4.81. The van der Waals surface area contributed by atoms with Crippen LogP contribution in [0.2, 0.25) is 0 Å². The van der Waals surface area contributed by atoms with Crippen molar-refractivity contribution in [1.29, 1.82) is 0 Å². The van der Waals surface area contributed by atoms with Crippen LogP contribution in [0.3, 0.4) is 0 Å². The number of azo groups is 1. The minimum absolute atomic E-state index is 0.733. The molecular weight excluding hydrogens is 126 g/mol. The second-order valence-corrected chi connectivity index (χ2v) is 2.36. The number of rotatable bonds is 3. The number of hydrogen-bond donors (Lipinski definition) is 0. The van der Waals surface area contributed by atoms with E-state index in [9.17, 15) is 0 Å². The van der Waals surface area contributed by atoms with Gasteiger partial charge in [-0.25, -0.2) is 0 Å². The molecule has 0 atom stereocenters. The Morgan fingerprint density at radius 2 is 2.50 bits per heavy atom. The Kier molecular flexibility index (Phi) is 2.93. The largest absolute Gasteiger partial charge is 0.355 e. The summed E-state index contributed by atoms with van der Waals surface area (Å²) in [4.78, 5) is 2.16. The van der Waals surface area contributed by atoms with E-state index in [1.165, 1.54) is 12.8 Å². The normalized spacial score (nSPS) is 16.3. The Balaban J connectivity index is 2.17. The monoisotopic (exact) mass is 139 g/mol. The fourth-order valence-corrected chi connectivity index (χ4v) is 0.843. The minimum Gasteiger partial charge on any atom is -0.355 e. The van der Waals surface area contributed by atoms with Crippen LogP contribution in [0.5, 0.6) is 0 Å². The zero-order valence-corrected chi connectivity index (χ0v) is 6.32. The van der Waals surface area contributed by atoms with Crippen LogP contribution in [-0.4, -0.2) is 18.1 Å². The van der Waals surface area contributed by atoms with Gasteiger partial charge in [-0.05, 0) is 6.42 Å². The lowest BCUT2D eigenvalue weighted by Crippen LogP contribution is -2.19. The first-order valence-corrected chi connectivity index (χ1v) is 3.71. The van der Waals surface area contributed by atoms with Gasteiger partial charge in [0, 0.05) is 12.7 Å². The Bertz CT molecular complexity index is 140. The molecule has 1 rings (SSSR count). The van der Waals surface area contributed by atoms with E-state index in [0.29, 0.717) is 0 Å². The van der Waals surface area contributed by atoms with Crippen LogP contribution in [0.4, 0.5) is 0 Å². The van der Waals surface area contributed by atoms with Crippen LogP contribution < -0.4 is 0 Å². The predicted octanol–water partition coefficient (Wildman–Crippen LogP) is 1.98. The lowest BCUT2D eigenvalue weighted by atomic mass is 10.3. The van der Waals surface area contributed by atoms with Gasteiger partial charge in [0.15, 0.2) is 0 Å².